The maximum absolute atomic E-state index is 11.9. The molecule has 2 rings (SSSR count). The summed E-state index contributed by atoms with van der Waals surface area (Å²) in [6, 6.07) is 0.0781. The second-order valence-corrected chi connectivity index (χ2v) is 5.57. The van der Waals surface area contributed by atoms with Gasteiger partial charge < -0.3 is 10.2 Å². The molecular weight excluding hydrogens is 200 g/mol. The number of rotatable bonds is 2. The van der Waals surface area contributed by atoms with E-state index in [1.807, 2.05) is 14.1 Å². The quantitative estimate of drug-likeness (QED) is 0.773. The normalized spacial score (nSPS) is 31.6. The number of piperidine rings is 1. The van der Waals surface area contributed by atoms with Gasteiger partial charge in [0.1, 0.15) is 0 Å². The van der Waals surface area contributed by atoms with Crippen LogP contribution in [0.25, 0.3) is 0 Å². The molecule has 3 nitrogen and oxygen atoms in total. The second kappa shape index (κ2) is 5.17. The largest absolute Gasteiger partial charge is 0.347 e. The molecule has 1 saturated carbocycles. The Labute approximate surface area is 98.6 Å². The summed E-state index contributed by atoms with van der Waals surface area (Å²) in [5.41, 5.74) is 0. The number of nitrogens with zero attached hydrogens (tertiary/aromatic N) is 1. The molecule has 1 saturated heterocycles. The molecular formula is C13H24N2O. The van der Waals surface area contributed by atoms with E-state index in [9.17, 15) is 4.79 Å². The van der Waals surface area contributed by atoms with Gasteiger partial charge in [0.15, 0.2) is 0 Å². The van der Waals surface area contributed by atoms with Crippen LogP contribution in [0.3, 0.4) is 0 Å². The summed E-state index contributed by atoms with van der Waals surface area (Å²) in [7, 11) is 3.70. The van der Waals surface area contributed by atoms with Crippen molar-refractivity contribution in [2.45, 2.75) is 44.6 Å². The average Bonchev–Trinajstić information content (AvgIpc) is 2.81. The first-order valence-electron chi connectivity index (χ1n) is 6.63. The molecule has 2 unspecified atom stereocenters. The van der Waals surface area contributed by atoms with Crippen molar-refractivity contribution in [3.8, 4) is 0 Å². The molecule has 1 heterocycles. The highest BCUT2D eigenvalue weighted by Crippen LogP contribution is 2.36. The minimum absolute atomic E-state index is 0.0781. The van der Waals surface area contributed by atoms with Crippen LogP contribution in [0.1, 0.15) is 38.5 Å². The lowest BCUT2D eigenvalue weighted by Crippen LogP contribution is -2.49. The van der Waals surface area contributed by atoms with Gasteiger partial charge in [0.05, 0.1) is 6.04 Å². The molecule has 2 atom stereocenters. The Kier molecular flexibility index (Phi) is 3.85. The van der Waals surface area contributed by atoms with E-state index in [0.717, 1.165) is 24.8 Å². The zero-order valence-corrected chi connectivity index (χ0v) is 10.5. The third-order valence-corrected chi connectivity index (χ3v) is 4.25. The monoisotopic (exact) mass is 224 g/mol. The van der Waals surface area contributed by atoms with Crippen LogP contribution in [0, 0.1) is 11.8 Å². The van der Waals surface area contributed by atoms with Crippen molar-refractivity contribution in [2.75, 3.05) is 20.6 Å². The van der Waals surface area contributed by atoms with E-state index in [4.69, 9.17) is 0 Å². The summed E-state index contributed by atoms with van der Waals surface area (Å²) in [5, 5.41) is 3.36. The molecule has 16 heavy (non-hydrogen) atoms. The first-order valence-corrected chi connectivity index (χ1v) is 6.63. The molecule has 2 aliphatic rings. The summed E-state index contributed by atoms with van der Waals surface area (Å²) < 4.78 is 0. The number of carbonyl (C=O) groups is 1. The van der Waals surface area contributed by atoms with E-state index >= 15 is 0 Å². The lowest BCUT2D eigenvalue weighted by Gasteiger charge is -2.34. The number of hydrogen-bond acceptors (Lipinski definition) is 2. The number of likely N-dealkylation sites (N-methyl/N-ethyl adjacent to an activating group) is 1. The van der Waals surface area contributed by atoms with Gasteiger partial charge in [-0.25, -0.2) is 0 Å². The van der Waals surface area contributed by atoms with Crippen molar-refractivity contribution in [2.24, 2.45) is 11.8 Å². The molecule has 0 aromatic heterocycles. The molecule has 0 bridgehead atoms. The predicted molar refractivity (Wildman–Crippen MR) is 65.2 cm³/mol. The van der Waals surface area contributed by atoms with E-state index in [2.05, 4.69) is 5.32 Å². The smallest absolute Gasteiger partial charge is 0.239 e. The minimum atomic E-state index is 0.0781. The molecule has 0 aromatic carbocycles. The maximum Gasteiger partial charge on any atom is 0.239 e. The maximum atomic E-state index is 11.9. The Morgan fingerprint density at radius 2 is 1.81 bits per heavy atom. The summed E-state index contributed by atoms with van der Waals surface area (Å²) >= 11 is 0. The molecule has 1 amide bonds. The Balaban J connectivity index is 1.90. The van der Waals surface area contributed by atoms with Gasteiger partial charge in [-0.15, -0.1) is 0 Å². The number of carbonyl (C=O) groups excluding carboxylic acids is 1. The van der Waals surface area contributed by atoms with Crippen molar-refractivity contribution in [1.82, 2.24) is 10.2 Å². The van der Waals surface area contributed by atoms with Crippen molar-refractivity contribution < 1.29 is 4.79 Å². The lowest BCUT2D eigenvalue weighted by atomic mass is 9.81. The molecule has 1 aliphatic heterocycles. The molecule has 3 heteroatoms. The highest BCUT2D eigenvalue weighted by molar-refractivity contribution is 5.81. The fraction of sp³-hybridized carbons (Fsp3) is 0.923. The van der Waals surface area contributed by atoms with Gasteiger partial charge >= 0.3 is 0 Å². The zero-order valence-electron chi connectivity index (χ0n) is 10.5. The number of hydrogen-bond donors (Lipinski definition) is 1. The predicted octanol–water partition coefficient (Wildman–Crippen LogP) is 1.63. The SMILES string of the molecule is CN(C)C(=O)C1CC(C2CCCC2)CCN1. The summed E-state index contributed by atoms with van der Waals surface area (Å²) in [4.78, 5) is 13.6. The fourth-order valence-corrected chi connectivity index (χ4v) is 3.30. The van der Waals surface area contributed by atoms with E-state index in [-0.39, 0.29) is 11.9 Å². The van der Waals surface area contributed by atoms with E-state index in [1.165, 1.54) is 32.1 Å². The molecule has 0 radical (unpaired) electrons. The third-order valence-electron chi connectivity index (χ3n) is 4.25. The van der Waals surface area contributed by atoms with E-state index < -0.39 is 0 Å². The molecule has 1 N–H and O–H groups in total. The van der Waals surface area contributed by atoms with Crippen molar-refractivity contribution in [1.29, 1.82) is 0 Å². The van der Waals surface area contributed by atoms with Gasteiger partial charge in [-0.3, -0.25) is 4.79 Å². The Morgan fingerprint density at radius 3 is 2.44 bits per heavy atom. The highest BCUT2D eigenvalue weighted by atomic mass is 16.2. The van der Waals surface area contributed by atoms with Gasteiger partial charge in [0.2, 0.25) is 5.91 Å². The Hall–Kier alpha value is -0.570. The van der Waals surface area contributed by atoms with Gasteiger partial charge in [0.25, 0.3) is 0 Å². The zero-order chi connectivity index (χ0) is 11.5. The topological polar surface area (TPSA) is 32.3 Å². The van der Waals surface area contributed by atoms with Gasteiger partial charge in [-0.2, -0.15) is 0 Å². The average molecular weight is 224 g/mol. The Bertz CT molecular complexity index is 246. The van der Waals surface area contributed by atoms with Crippen LogP contribution in [0.2, 0.25) is 0 Å². The molecule has 0 aromatic rings. The van der Waals surface area contributed by atoms with Crippen LogP contribution in [0.5, 0.6) is 0 Å². The minimum Gasteiger partial charge on any atom is -0.347 e. The van der Waals surface area contributed by atoms with Crippen LogP contribution < -0.4 is 5.32 Å². The van der Waals surface area contributed by atoms with Crippen LogP contribution in [-0.4, -0.2) is 37.5 Å². The number of amides is 1. The first kappa shape index (κ1) is 11.9. The molecule has 0 spiro atoms. The van der Waals surface area contributed by atoms with E-state index in [1.54, 1.807) is 4.90 Å². The van der Waals surface area contributed by atoms with Crippen LogP contribution in [0.15, 0.2) is 0 Å². The lowest BCUT2D eigenvalue weighted by molar-refractivity contribution is -0.132. The molecule has 2 fully saturated rings. The standard InChI is InChI=1S/C13H24N2O/c1-15(2)13(16)12-9-11(7-8-14-12)10-5-3-4-6-10/h10-12,14H,3-9H2,1-2H3. The van der Waals surface area contributed by atoms with Crippen LogP contribution in [-0.2, 0) is 4.79 Å². The van der Waals surface area contributed by atoms with Gasteiger partial charge in [-0.1, -0.05) is 25.7 Å². The Morgan fingerprint density at radius 1 is 1.12 bits per heavy atom. The molecule has 92 valence electrons. The highest BCUT2D eigenvalue weighted by Gasteiger charge is 2.33. The third kappa shape index (κ3) is 2.57. The van der Waals surface area contributed by atoms with Crippen molar-refractivity contribution in [3.63, 3.8) is 0 Å². The fourth-order valence-electron chi connectivity index (χ4n) is 3.30. The van der Waals surface area contributed by atoms with Crippen LogP contribution in [0.4, 0.5) is 0 Å². The molecule has 1 aliphatic carbocycles. The first-order chi connectivity index (χ1) is 7.68. The van der Waals surface area contributed by atoms with Crippen molar-refractivity contribution in [3.05, 3.63) is 0 Å². The van der Waals surface area contributed by atoms with Gasteiger partial charge in [-0.05, 0) is 31.2 Å². The second-order valence-electron chi connectivity index (χ2n) is 5.57. The summed E-state index contributed by atoms with van der Waals surface area (Å²) in [6.07, 6.45) is 7.92. The number of nitrogens with one attached hydrogen (secondary N) is 1. The van der Waals surface area contributed by atoms with Gasteiger partial charge in [0, 0.05) is 14.1 Å². The summed E-state index contributed by atoms with van der Waals surface area (Å²) in [5.74, 6) is 1.94. The van der Waals surface area contributed by atoms with Crippen molar-refractivity contribution >= 4 is 5.91 Å². The van der Waals surface area contributed by atoms with Crippen LogP contribution >= 0.6 is 0 Å². The summed E-state index contributed by atoms with van der Waals surface area (Å²) in [6.45, 7) is 1.02. The van der Waals surface area contributed by atoms with E-state index in [0.29, 0.717) is 0 Å².